The van der Waals surface area contributed by atoms with Crippen molar-refractivity contribution < 1.29 is 19.4 Å². The molecule has 5 nitrogen and oxygen atoms in total. The van der Waals surface area contributed by atoms with Crippen molar-refractivity contribution in [3.05, 3.63) is 29.8 Å². The van der Waals surface area contributed by atoms with Crippen molar-refractivity contribution >= 4 is 11.9 Å². The van der Waals surface area contributed by atoms with Gasteiger partial charge < -0.3 is 15.2 Å². The molecule has 0 spiro atoms. The van der Waals surface area contributed by atoms with Crippen LogP contribution in [0.2, 0.25) is 0 Å². The van der Waals surface area contributed by atoms with Crippen LogP contribution in [0.4, 0.5) is 0 Å². The second kappa shape index (κ2) is 7.53. The van der Waals surface area contributed by atoms with E-state index in [9.17, 15) is 9.59 Å². The average Bonchev–Trinajstić information content (AvgIpc) is 2.35. The summed E-state index contributed by atoms with van der Waals surface area (Å²) in [6.45, 7) is 5.64. The van der Waals surface area contributed by atoms with E-state index >= 15 is 0 Å². The molecule has 0 saturated carbocycles. The minimum absolute atomic E-state index is 0.103. The van der Waals surface area contributed by atoms with Gasteiger partial charge in [0.2, 0.25) is 0 Å². The van der Waals surface area contributed by atoms with Crippen LogP contribution in [0.3, 0.4) is 0 Å². The first-order valence-corrected chi connectivity index (χ1v) is 6.63. The number of carboxylic acid groups (broad SMARTS) is 1. The third kappa shape index (κ3) is 5.30. The van der Waals surface area contributed by atoms with Crippen LogP contribution >= 0.6 is 0 Å². The lowest BCUT2D eigenvalue weighted by Gasteiger charge is -2.15. The van der Waals surface area contributed by atoms with Crippen LogP contribution in [0.5, 0.6) is 5.75 Å². The molecule has 0 radical (unpaired) electrons. The number of carbonyl (C=O) groups is 2. The number of para-hydroxylation sites is 1. The summed E-state index contributed by atoms with van der Waals surface area (Å²) in [5, 5.41) is 11.2. The lowest BCUT2D eigenvalue weighted by atomic mass is 10.0. The van der Waals surface area contributed by atoms with Gasteiger partial charge in [-0.3, -0.25) is 9.59 Å². The maximum absolute atomic E-state index is 11.7. The monoisotopic (exact) mass is 279 g/mol. The van der Waals surface area contributed by atoms with Crippen LogP contribution in [-0.2, 0) is 9.59 Å². The molecule has 1 aromatic carbocycles. The first-order chi connectivity index (χ1) is 9.40. The summed E-state index contributed by atoms with van der Waals surface area (Å²) in [5.74, 6) is -0.273. The number of hydrogen-bond donors (Lipinski definition) is 2. The van der Waals surface area contributed by atoms with Crippen molar-refractivity contribution in [2.24, 2.45) is 0 Å². The van der Waals surface area contributed by atoms with E-state index in [2.05, 4.69) is 19.2 Å². The second-order valence-corrected chi connectivity index (χ2v) is 5.05. The first kappa shape index (κ1) is 16.0. The molecule has 1 rings (SSSR count). The van der Waals surface area contributed by atoms with Crippen LogP contribution < -0.4 is 10.1 Å². The molecule has 1 atom stereocenters. The minimum Gasteiger partial charge on any atom is -0.483 e. The van der Waals surface area contributed by atoms with Crippen molar-refractivity contribution in [3.8, 4) is 5.75 Å². The molecule has 1 unspecified atom stereocenters. The highest BCUT2D eigenvalue weighted by Gasteiger charge is 2.13. The van der Waals surface area contributed by atoms with E-state index in [1.54, 1.807) is 6.92 Å². The molecule has 0 heterocycles. The van der Waals surface area contributed by atoms with Gasteiger partial charge in [0.25, 0.3) is 5.91 Å². The fraction of sp³-hybridized carbons (Fsp3) is 0.467. The molecule has 1 aromatic rings. The third-order valence-corrected chi connectivity index (χ3v) is 2.79. The zero-order valence-corrected chi connectivity index (χ0v) is 12.1. The highest BCUT2D eigenvalue weighted by atomic mass is 16.5. The molecule has 5 heteroatoms. The van der Waals surface area contributed by atoms with Crippen LogP contribution in [0.1, 0.15) is 38.7 Å². The maximum atomic E-state index is 11.7. The number of ether oxygens (including phenoxy) is 1. The molecule has 0 aliphatic rings. The number of rotatable bonds is 7. The number of amides is 1. The Bertz CT molecular complexity index is 471. The van der Waals surface area contributed by atoms with Gasteiger partial charge in [-0.05, 0) is 24.5 Å². The van der Waals surface area contributed by atoms with Gasteiger partial charge in [-0.15, -0.1) is 0 Å². The Morgan fingerprint density at radius 1 is 1.25 bits per heavy atom. The van der Waals surface area contributed by atoms with E-state index in [0.717, 1.165) is 5.56 Å². The molecule has 110 valence electrons. The standard InChI is InChI=1S/C15H21NO4/c1-10(2)12-6-4-5-7-13(12)20-9-14(17)16-11(3)8-15(18)19/h4-7,10-11H,8-9H2,1-3H3,(H,16,17)(H,18,19). The molecular formula is C15H21NO4. The third-order valence-electron chi connectivity index (χ3n) is 2.79. The lowest BCUT2D eigenvalue weighted by Crippen LogP contribution is -2.37. The molecular weight excluding hydrogens is 258 g/mol. The minimum atomic E-state index is -0.941. The first-order valence-electron chi connectivity index (χ1n) is 6.63. The highest BCUT2D eigenvalue weighted by molar-refractivity contribution is 5.78. The summed E-state index contributed by atoms with van der Waals surface area (Å²) in [4.78, 5) is 22.2. The largest absolute Gasteiger partial charge is 0.483 e. The van der Waals surface area contributed by atoms with E-state index in [-0.39, 0.29) is 18.9 Å². The summed E-state index contributed by atoms with van der Waals surface area (Å²) in [5.41, 5.74) is 1.04. The maximum Gasteiger partial charge on any atom is 0.305 e. The fourth-order valence-electron chi connectivity index (χ4n) is 1.86. The van der Waals surface area contributed by atoms with Crippen molar-refractivity contribution in [3.63, 3.8) is 0 Å². The molecule has 0 saturated heterocycles. The van der Waals surface area contributed by atoms with Crippen LogP contribution in [0.15, 0.2) is 24.3 Å². The molecule has 0 aromatic heterocycles. The van der Waals surface area contributed by atoms with Crippen LogP contribution in [-0.4, -0.2) is 29.6 Å². The van der Waals surface area contributed by atoms with Crippen LogP contribution in [0, 0.1) is 0 Å². The molecule has 0 bridgehead atoms. The second-order valence-electron chi connectivity index (χ2n) is 5.05. The number of carboxylic acids is 1. The predicted molar refractivity (Wildman–Crippen MR) is 75.9 cm³/mol. The Kier molecular flexibility index (Phi) is 6.03. The SMILES string of the molecule is CC(CC(=O)O)NC(=O)COc1ccccc1C(C)C. The zero-order valence-electron chi connectivity index (χ0n) is 12.1. The normalized spacial score (nSPS) is 12.0. The van der Waals surface area contributed by atoms with Gasteiger partial charge in [-0.25, -0.2) is 0 Å². The Balaban J connectivity index is 2.51. The summed E-state index contributed by atoms with van der Waals surface area (Å²) >= 11 is 0. The van der Waals surface area contributed by atoms with Gasteiger partial charge >= 0.3 is 5.97 Å². The van der Waals surface area contributed by atoms with Crippen molar-refractivity contribution in [2.45, 2.75) is 39.2 Å². The Morgan fingerprint density at radius 3 is 2.50 bits per heavy atom. The van der Waals surface area contributed by atoms with Crippen molar-refractivity contribution in [2.75, 3.05) is 6.61 Å². The van der Waals surface area contributed by atoms with E-state index in [0.29, 0.717) is 11.7 Å². The molecule has 20 heavy (non-hydrogen) atoms. The van der Waals surface area contributed by atoms with Gasteiger partial charge in [-0.2, -0.15) is 0 Å². The summed E-state index contributed by atoms with van der Waals surface area (Å²) in [7, 11) is 0. The molecule has 0 fully saturated rings. The summed E-state index contributed by atoms with van der Waals surface area (Å²) < 4.78 is 5.51. The topological polar surface area (TPSA) is 75.6 Å². The molecule has 2 N–H and O–H groups in total. The summed E-state index contributed by atoms with van der Waals surface area (Å²) in [6, 6.07) is 7.15. The van der Waals surface area contributed by atoms with Crippen molar-refractivity contribution in [1.29, 1.82) is 0 Å². The smallest absolute Gasteiger partial charge is 0.305 e. The van der Waals surface area contributed by atoms with Crippen molar-refractivity contribution in [1.82, 2.24) is 5.32 Å². The number of hydrogen-bond acceptors (Lipinski definition) is 3. The quantitative estimate of drug-likeness (QED) is 0.802. The van der Waals surface area contributed by atoms with E-state index in [1.165, 1.54) is 0 Å². The Hall–Kier alpha value is -2.04. The van der Waals surface area contributed by atoms with Gasteiger partial charge in [-0.1, -0.05) is 32.0 Å². The number of nitrogens with one attached hydrogen (secondary N) is 1. The average molecular weight is 279 g/mol. The lowest BCUT2D eigenvalue weighted by molar-refractivity contribution is -0.137. The number of aliphatic carboxylic acids is 1. The zero-order chi connectivity index (χ0) is 15.1. The van der Waals surface area contributed by atoms with Gasteiger partial charge in [0.1, 0.15) is 5.75 Å². The number of carbonyl (C=O) groups excluding carboxylic acids is 1. The molecule has 1 amide bonds. The fourth-order valence-corrected chi connectivity index (χ4v) is 1.86. The Labute approximate surface area is 118 Å². The molecule has 0 aliphatic heterocycles. The number of benzene rings is 1. The van der Waals surface area contributed by atoms with Crippen LogP contribution in [0.25, 0.3) is 0 Å². The van der Waals surface area contributed by atoms with Gasteiger partial charge in [0.05, 0.1) is 6.42 Å². The van der Waals surface area contributed by atoms with E-state index in [4.69, 9.17) is 9.84 Å². The van der Waals surface area contributed by atoms with E-state index in [1.807, 2.05) is 24.3 Å². The molecule has 0 aliphatic carbocycles. The summed E-state index contributed by atoms with van der Waals surface area (Å²) in [6.07, 6.45) is -0.103. The highest BCUT2D eigenvalue weighted by Crippen LogP contribution is 2.25. The predicted octanol–water partition coefficient (Wildman–Crippen LogP) is 2.17. The van der Waals surface area contributed by atoms with E-state index < -0.39 is 12.0 Å². The Morgan fingerprint density at radius 2 is 1.90 bits per heavy atom. The van der Waals surface area contributed by atoms with Gasteiger partial charge in [0, 0.05) is 6.04 Å². The van der Waals surface area contributed by atoms with Gasteiger partial charge in [0.15, 0.2) is 6.61 Å².